The highest BCUT2D eigenvalue weighted by Gasteiger charge is 2.38. The summed E-state index contributed by atoms with van der Waals surface area (Å²) in [5, 5.41) is 3.03. The summed E-state index contributed by atoms with van der Waals surface area (Å²) in [4.78, 5) is 15.1. The molecular formula is C20H33N3O3S. The molecule has 1 aromatic carbocycles. The second-order valence-electron chi connectivity index (χ2n) is 6.98. The topological polar surface area (TPSA) is 69.7 Å². The van der Waals surface area contributed by atoms with Gasteiger partial charge >= 0.3 is 0 Å². The third-order valence-electron chi connectivity index (χ3n) is 5.23. The number of nitrogens with one attached hydrogen (secondary N) is 1. The van der Waals surface area contributed by atoms with Crippen molar-refractivity contribution in [2.45, 2.75) is 52.1 Å². The van der Waals surface area contributed by atoms with Gasteiger partial charge in [0.25, 0.3) is 0 Å². The van der Waals surface area contributed by atoms with Crippen molar-refractivity contribution in [1.82, 2.24) is 14.5 Å². The lowest BCUT2D eigenvalue weighted by molar-refractivity contribution is -0.124. The van der Waals surface area contributed by atoms with Crippen LogP contribution in [0.4, 0.5) is 0 Å². The molecule has 0 spiro atoms. The molecule has 1 N–H and O–H groups in total. The van der Waals surface area contributed by atoms with Gasteiger partial charge in [0.1, 0.15) is 6.04 Å². The predicted octanol–water partition coefficient (Wildman–Crippen LogP) is 2.39. The summed E-state index contributed by atoms with van der Waals surface area (Å²) in [5.74, 6) is -0.0802. The van der Waals surface area contributed by atoms with Crippen LogP contribution in [0.2, 0.25) is 0 Å². The van der Waals surface area contributed by atoms with Crippen molar-refractivity contribution in [3.05, 3.63) is 35.9 Å². The van der Waals surface area contributed by atoms with Crippen LogP contribution in [0.3, 0.4) is 0 Å². The predicted molar refractivity (Wildman–Crippen MR) is 109 cm³/mol. The van der Waals surface area contributed by atoms with Crippen molar-refractivity contribution in [1.29, 1.82) is 0 Å². The molecule has 0 bridgehead atoms. The zero-order chi connectivity index (χ0) is 19.9. The number of amides is 1. The molecule has 2 atom stereocenters. The van der Waals surface area contributed by atoms with Gasteiger partial charge in [0.05, 0.1) is 11.8 Å². The van der Waals surface area contributed by atoms with Gasteiger partial charge < -0.3 is 5.32 Å². The minimum Gasteiger partial charge on any atom is -0.353 e. The summed E-state index contributed by atoms with van der Waals surface area (Å²) in [6.45, 7) is 8.74. The minimum atomic E-state index is -3.36. The summed E-state index contributed by atoms with van der Waals surface area (Å²) in [5.41, 5.74) is 1.16. The van der Waals surface area contributed by atoms with Crippen LogP contribution in [-0.4, -0.2) is 61.5 Å². The number of carbonyl (C=O) groups excluding carboxylic acids is 1. The molecule has 2 rings (SSSR count). The van der Waals surface area contributed by atoms with Gasteiger partial charge in [-0.2, -0.15) is 4.31 Å². The molecule has 1 fully saturated rings. The normalized spacial score (nSPS) is 19.3. The fourth-order valence-electron chi connectivity index (χ4n) is 3.82. The zero-order valence-corrected chi connectivity index (χ0v) is 17.5. The average Bonchev–Trinajstić information content (AvgIpc) is 3.16. The number of hydrogen-bond donors (Lipinski definition) is 1. The Labute approximate surface area is 164 Å². The van der Waals surface area contributed by atoms with Crippen LogP contribution >= 0.6 is 0 Å². The molecule has 0 aromatic heterocycles. The van der Waals surface area contributed by atoms with Crippen LogP contribution in [-0.2, 0) is 14.8 Å². The number of sulfonamides is 1. The van der Waals surface area contributed by atoms with Gasteiger partial charge in [-0.15, -0.1) is 0 Å². The van der Waals surface area contributed by atoms with E-state index in [1.165, 1.54) is 4.31 Å². The monoisotopic (exact) mass is 395 g/mol. The number of rotatable bonds is 10. The third kappa shape index (κ3) is 5.53. The maximum atomic E-state index is 12.8. The van der Waals surface area contributed by atoms with Gasteiger partial charge in [0, 0.05) is 13.1 Å². The van der Waals surface area contributed by atoms with Crippen molar-refractivity contribution in [3.63, 3.8) is 0 Å². The molecule has 27 heavy (non-hydrogen) atoms. The number of hydrogen-bond acceptors (Lipinski definition) is 4. The highest BCUT2D eigenvalue weighted by Crippen LogP contribution is 2.23. The highest BCUT2D eigenvalue weighted by molar-refractivity contribution is 7.89. The van der Waals surface area contributed by atoms with Crippen LogP contribution in [0.15, 0.2) is 30.3 Å². The van der Waals surface area contributed by atoms with E-state index in [0.29, 0.717) is 25.9 Å². The van der Waals surface area contributed by atoms with Crippen LogP contribution in [0.1, 0.15) is 51.6 Å². The number of benzene rings is 1. The second kappa shape index (κ2) is 10.2. The SMILES string of the molecule is CCCS(=O)(=O)N1CCCC1C(=O)NCC(c1ccccc1)N(CC)CC. The molecule has 1 aliphatic heterocycles. The van der Waals surface area contributed by atoms with E-state index in [0.717, 1.165) is 25.1 Å². The van der Waals surface area contributed by atoms with Crippen molar-refractivity contribution < 1.29 is 13.2 Å². The van der Waals surface area contributed by atoms with Gasteiger partial charge in [0.15, 0.2) is 0 Å². The fraction of sp³-hybridized carbons (Fsp3) is 0.650. The summed E-state index contributed by atoms with van der Waals surface area (Å²) in [7, 11) is -3.36. The largest absolute Gasteiger partial charge is 0.353 e. The Morgan fingerprint density at radius 2 is 1.89 bits per heavy atom. The van der Waals surface area contributed by atoms with E-state index >= 15 is 0 Å². The molecule has 0 radical (unpaired) electrons. The molecule has 6 nitrogen and oxygen atoms in total. The highest BCUT2D eigenvalue weighted by atomic mass is 32.2. The molecule has 7 heteroatoms. The lowest BCUT2D eigenvalue weighted by atomic mass is 10.0. The molecule has 0 aliphatic carbocycles. The van der Waals surface area contributed by atoms with Crippen molar-refractivity contribution in [2.75, 3.05) is 31.9 Å². The fourth-order valence-corrected chi connectivity index (χ4v) is 5.57. The minimum absolute atomic E-state index is 0.0762. The van der Waals surface area contributed by atoms with Crippen LogP contribution in [0.5, 0.6) is 0 Å². The first-order valence-corrected chi connectivity index (χ1v) is 11.6. The first kappa shape index (κ1) is 21.9. The average molecular weight is 396 g/mol. The quantitative estimate of drug-likeness (QED) is 0.660. The number of nitrogens with zero attached hydrogens (tertiary/aromatic N) is 2. The van der Waals surface area contributed by atoms with Crippen molar-refractivity contribution in [2.24, 2.45) is 0 Å². The van der Waals surface area contributed by atoms with Crippen LogP contribution in [0, 0.1) is 0 Å². The smallest absolute Gasteiger partial charge is 0.238 e. The molecule has 152 valence electrons. The van der Waals surface area contributed by atoms with E-state index in [9.17, 15) is 13.2 Å². The number of carbonyl (C=O) groups is 1. The third-order valence-corrected chi connectivity index (χ3v) is 7.31. The molecule has 0 saturated carbocycles. The molecule has 2 unspecified atom stereocenters. The molecule has 1 aliphatic rings. The molecule has 1 amide bonds. The van der Waals surface area contributed by atoms with Gasteiger partial charge in [-0.3, -0.25) is 9.69 Å². The summed E-state index contributed by atoms with van der Waals surface area (Å²) >= 11 is 0. The molecular weight excluding hydrogens is 362 g/mol. The van der Waals surface area contributed by atoms with E-state index in [2.05, 4.69) is 36.2 Å². The Balaban J connectivity index is 2.09. The lowest BCUT2D eigenvalue weighted by Gasteiger charge is -2.31. The Morgan fingerprint density at radius 1 is 1.22 bits per heavy atom. The van der Waals surface area contributed by atoms with Gasteiger partial charge in [-0.1, -0.05) is 51.1 Å². The van der Waals surface area contributed by atoms with E-state index in [4.69, 9.17) is 0 Å². The van der Waals surface area contributed by atoms with Gasteiger partial charge in [-0.05, 0) is 37.9 Å². The molecule has 1 saturated heterocycles. The summed E-state index contributed by atoms with van der Waals surface area (Å²) < 4.78 is 26.3. The van der Waals surface area contributed by atoms with E-state index in [1.807, 2.05) is 25.1 Å². The standard InChI is InChI=1S/C20H33N3O3S/c1-4-15-27(25,26)23-14-10-13-18(23)20(24)21-16-19(22(5-2)6-3)17-11-8-7-9-12-17/h7-9,11-12,18-19H,4-6,10,13-16H2,1-3H3,(H,21,24). The Morgan fingerprint density at radius 3 is 2.48 bits per heavy atom. The zero-order valence-electron chi connectivity index (χ0n) is 16.7. The van der Waals surface area contributed by atoms with Gasteiger partial charge in [0.2, 0.25) is 15.9 Å². The van der Waals surface area contributed by atoms with Crippen molar-refractivity contribution in [3.8, 4) is 0 Å². The van der Waals surface area contributed by atoms with E-state index < -0.39 is 16.1 Å². The summed E-state index contributed by atoms with van der Waals surface area (Å²) in [6.07, 6.45) is 1.89. The van der Waals surface area contributed by atoms with Gasteiger partial charge in [-0.25, -0.2) is 8.42 Å². The van der Waals surface area contributed by atoms with Crippen molar-refractivity contribution >= 4 is 15.9 Å². The molecule has 1 aromatic rings. The lowest BCUT2D eigenvalue weighted by Crippen LogP contribution is -2.48. The molecule has 1 heterocycles. The first-order valence-electron chi connectivity index (χ1n) is 10.0. The maximum absolute atomic E-state index is 12.8. The Kier molecular flexibility index (Phi) is 8.26. The maximum Gasteiger partial charge on any atom is 0.238 e. The van der Waals surface area contributed by atoms with Crippen LogP contribution < -0.4 is 5.32 Å². The Hall–Kier alpha value is -1.44. The van der Waals surface area contributed by atoms with E-state index in [1.54, 1.807) is 0 Å². The second-order valence-corrected chi connectivity index (χ2v) is 9.02. The summed E-state index contributed by atoms with van der Waals surface area (Å²) in [6, 6.07) is 9.64. The van der Waals surface area contributed by atoms with Crippen LogP contribution in [0.25, 0.3) is 0 Å². The first-order chi connectivity index (χ1) is 12.9. The van der Waals surface area contributed by atoms with E-state index in [-0.39, 0.29) is 17.7 Å². The Bertz CT molecular complexity index is 690. The number of likely N-dealkylation sites (N-methyl/N-ethyl adjacent to an activating group) is 1.